The Kier molecular flexibility index (Phi) is 4.74. The van der Waals surface area contributed by atoms with Gasteiger partial charge in [-0.2, -0.15) is 0 Å². The smallest absolute Gasteiger partial charge is 0.255 e. The van der Waals surface area contributed by atoms with Crippen LogP contribution in [0, 0.1) is 0 Å². The van der Waals surface area contributed by atoms with Gasteiger partial charge >= 0.3 is 0 Å². The summed E-state index contributed by atoms with van der Waals surface area (Å²) in [5, 5.41) is 9.19. The van der Waals surface area contributed by atoms with E-state index in [4.69, 9.17) is 0 Å². The molecule has 3 N–H and O–H groups in total. The normalized spacial score (nSPS) is 21.1. The van der Waals surface area contributed by atoms with E-state index in [0.717, 1.165) is 48.8 Å². The summed E-state index contributed by atoms with van der Waals surface area (Å²) in [6, 6.07) is 5.10. The number of carbonyl (C=O) groups is 3. The second-order valence-electron chi connectivity index (χ2n) is 7.91. The molecule has 1 aromatic carbocycles. The molecule has 1 aromatic heterocycles. The van der Waals surface area contributed by atoms with Crippen LogP contribution in [0.4, 0.5) is 5.82 Å². The molecule has 0 aliphatic carbocycles. The molecule has 5 rings (SSSR count). The minimum absolute atomic E-state index is 0.148. The fourth-order valence-corrected chi connectivity index (χ4v) is 4.52. The van der Waals surface area contributed by atoms with Gasteiger partial charge in [-0.25, -0.2) is 4.98 Å². The van der Waals surface area contributed by atoms with E-state index in [1.165, 1.54) is 0 Å². The minimum Gasteiger partial charge on any atom is -0.366 e. The number of imide groups is 1. The number of fused-ring (bicyclic) bond motifs is 2. The van der Waals surface area contributed by atoms with Crippen LogP contribution in [0.5, 0.6) is 0 Å². The van der Waals surface area contributed by atoms with Gasteiger partial charge in [-0.05, 0) is 23.6 Å². The molecular weight excluding hydrogens is 384 g/mol. The van der Waals surface area contributed by atoms with Crippen molar-refractivity contribution in [3.05, 3.63) is 46.9 Å². The molecule has 2 aromatic rings. The van der Waals surface area contributed by atoms with Crippen molar-refractivity contribution in [2.45, 2.75) is 44.9 Å². The van der Waals surface area contributed by atoms with Gasteiger partial charge in [0.1, 0.15) is 17.7 Å². The van der Waals surface area contributed by atoms with Crippen LogP contribution in [0.25, 0.3) is 0 Å². The molecule has 9 heteroatoms. The number of nitrogens with zero attached hydrogens (tertiary/aromatic N) is 3. The second-order valence-corrected chi connectivity index (χ2v) is 7.91. The number of hydrogen-bond acceptors (Lipinski definition) is 6. The van der Waals surface area contributed by atoms with E-state index >= 15 is 0 Å². The van der Waals surface area contributed by atoms with E-state index in [9.17, 15) is 14.4 Å². The molecule has 0 spiro atoms. The first-order chi connectivity index (χ1) is 14.6. The maximum atomic E-state index is 13.0. The summed E-state index contributed by atoms with van der Waals surface area (Å²) >= 11 is 0. The SMILES string of the molecule is O=C1CCC(N2Cc3c(CNc4cnc5n4CCNCC5)cccc3C2=O)C(=O)N1. The van der Waals surface area contributed by atoms with Crippen molar-refractivity contribution in [2.75, 3.05) is 18.4 Å². The maximum Gasteiger partial charge on any atom is 0.255 e. The average Bonchev–Trinajstić information content (AvgIpc) is 3.18. The van der Waals surface area contributed by atoms with E-state index < -0.39 is 6.04 Å². The van der Waals surface area contributed by atoms with E-state index in [2.05, 4.69) is 25.5 Å². The van der Waals surface area contributed by atoms with Crippen LogP contribution >= 0.6 is 0 Å². The summed E-state index contributed by atoms with van der Waals surface area (Å²) in [6.45, 7) is 3.66. The second kappa shape index (κ2) is 7.56. The van der Waals surface area contributed by atoms with Crippen LogP contribution in [-0.4, -0.2) is 51.3 Å². The monoisotopic (exact) mass is 408 g/mol. The first kappa shape index (κ1) is 18.8. The van der Waals surface area contributed by atoms with Gasteiger partial charge in [-0.3, -0.25) is 19.7 Å². The third kappa shape index (κ3) is 3.24. The Morgan fingerprint density at radius 2 is 2.07 bits per heavy atom. The highest BCUT2D eigenvalue weighted by Gasteiger charge is 2.39. The number of anilines is 1. The van der Waals surface area contributed by atoms with Crippen LogP contribution in [0.3, 0.4) is 0 Å². The fraction of sp³-hybridized carbons (Fsp3) is 0.429. The molecule has 1 unspecified atom stereocenters. The van der Waals surface area contributed by atoms with Gasteiger partial charge < -0.3 is 20.1 Å². The predicted octanol–water partition coefficient (Wildman–Crippen LogP) is 0.402. The number of benzene rings is 1. The molecule has 4 heterocycles. The molecule has 0 bridgehead atoms. The van der Waals surface area contributed by atoms with Gasteiger partial charge in [0, 0.05) is 51.1 Å². The molecule has 1 fully saturated rings. The van der Waals surface area contributed by atoms with Gasteiger partial charge in [0.25, 0.3) is 5.91 Å². The van der Waals surface area contributed by atoms with Crippen LogP contribution in [0.15, 0.2) is 24.4 Å². The van der Waals surface area contributed by atoms with Crippen molar-refractivity contribution in [1.29, 1.82) is 0 Å². The van der Waals surface area contributed by atoms with Crippen LogP contribution in [-0.2, 0) is 35.6 Å². The van der Waals surface area contributed by atoms with Gasteiger partial charge in [0.15, 0.2) is 0 Å². The lowest BCUT2D eigenvalue weighted by atomic mass is 10.0. The molecule has 30 heavy (non-hydrogen) atoms. The minimum atomic E-state index is -0.596. The van der Waals surface area contributed by atoms with Crippen molar-refractivity contribution in [3.8, 4) is 0 Å². The van der Waals surface area contributed by atoms with Crippen molar-refractivity contribution in [2.24, 2.45) is 0 Å². The Labute approximate surface area is 173 Å². The van der Waals surface area contributed by atoms with Crippen LogP contribution in [0.1, 0.15) is 40.2 Å². The Morgan fingerprint density at radius 1 is 1.17 bits per heavy atom. The van der Waals surface area contributed by atoms with Crippen molar-refractivity contribution >= 4 is 23.5 Å². The lowest BCUT2D eigenvalue weighted by molar-refractivity contribution is -0.136. The molecule has 0 radical (unpaired) electrons. The Hall–Kier alpha value is -3.20. The number of amides is 3. The number of imidazole rings is 1. The van der Waals surface area contributed by atoms with E-state index in [-0.39, 0.29) is 24.1 Å². The standard InChI is InChI=1S/C21H24N6O3/c28-19-5-4-16(20(29)25-19)27-12-15-13(2-1-3-14(15)21(27)30)10-23-18-11-24-17-6-7-22-8-9-26(17)18/h1-3,11,16,22-23H,4-10,12H2,(H,25,28,29). The first-order valence-corrected chi connectivity index (χ1v) is 10.4. The highest BCUT2D eigenvalue weighted by molar-refractivity contribution is 6.05. The van der Waals surface area contributed by atoms with Gasteiger partial charge in [0.2, 0.25) is 11.8 Å². The van der Waals surface area contributed by atoms with E-state index in [1.807, 2.05) is 24.4 Å². The maximum absolute atomic E-state index is 13.0. The Morgan fingerprint density at radius 3 is 2.93 bits per heavy atom. The van der Waals surface area contributed by atoms with E-state index in [1.54, 1.807) is 4.90 Å². The summed E-state index contributed by atoms with van der Waals surface area (Å²) in [4.78, 5) is 42.8. The molecule has 156 valence electrons. The number of nitrogens with one attached hydrogen (secondary N) is 3. The lowest BCUT2D eigenvalue weighted by Crippen LogP contribution is -2.52. The molecule has 0 saturated carbocycles. The number of hydrogen-bond donors (Lipinski definition) is 3. The molecule has 3 aliphatic rings. The molecule has 1 saturated heterocycles. The summed E-state index contributed by atoms with van der Waals surface area (Å²) in [6.07, 6.45) is 3.39. The third-order valence-electron chi connectivity index (χ3n) is 6.11. The highest BCUT2D eigenvalue weighted by atomic mass is 16.2. The topological polar surface area (TPSA) is 108 Å². The largest absolute Gasteiger partial charge is 0.366 e. The zero-order valence-corrected chi connectivity index (χ0v) is 16.6. The summed E-state index contributed by atoms with van der Waals surface area (Å²) in [5.41, 5.74) is 2.60. The van der Waals surface area contributed by atoms with Gasteiger partial charge in [0.05, 0.1) is 6.20 Å². The fourth-order valence-electron chi connectivity index (χ4n) is 4.52. The summed E-state index contributed by atoms with van der Waals surface area (Å²) in [5.74, 6) is 1.23. The number of rotatable bonds is 4. The third-order valence-corrected chi connectivity index (χ3v) is 6.11. The zero-order chi connectivity index (χ0) is 20.7. The lowest BCUT2D eigenvalue weighted by Gasteiger charge is -2.29. The van der Waals surface area contributed by atoms with Crippen molar-refractivity contribution in [3.63, 3.8) is 0 Å². The Bertz CT molecular complexity index is 1030. The van der Waals surface area contributed by atoms with Crippen molar-refractivity contribution in [1.82, 2.24) is 25.1 Å². The van der Waals surface area contributed by atoms with Crippen LogP contribution < -0.4 is 16.0 Å². The number of piperidine rings is 1. The van der Waals surface area contributed by atoms with E-state index in [0.29, 0.717) is 25.1 Å². The molecule has 9 nitrogen and oxygen atoms in total. The van der Waals surface area contributed by atoms with Gasteiger partial charge in [-0.1, -0.05) is 12.1 Å². The molecule has 1 atom stereocenters. The first-order valence-electron chi connectivity index (χ1n) is 10.4. The summed E-state index contributed by atoms with van der Waals surface area (Å²) in [7, 11) is 0. The average molecular weight is 408 g/mol. The summed E-state index contributed by atoms with van der Waals surface area (Å²) < 4.78 is 2.20. The molecular formula is C21H24N6O3. The van der Waals surface area contributed by atoms with Crippen molar-refractivity contribution < 1.29 is 14.4 Å². The quantitative estimate of drug-likeness (QED) is 0.632. The Balaban J connectivity index is 1.34. The molecule has 3 aliphatic heterocycles. The van der Waals surface area contributed by atoms with Gasteiger partial charge in [-0.15, -0.1) is 0 Å². The zero-order valence-electron chi connectivity index (χ0n) is 16.6. The number of carbonyl (C=O) groups excluding carboxylic acids is 3. The highest BCUT2D eigenvalue weighted by Crippen LogP contribution is 2.30. The van der Waals surface area contributed by atoms with Crippen LogP contribution in [0.2, 0.25) is 0 Å². The predicted molar refractivity (Wildman–Crippen MR) is 109 cm³/mol. The number of aromatic nitrogens is 2. The molecule has 3 amide bonds.